The maximum Gasteiger partial charge on any atom is 0.128 e. The first-order valence-corrected chi connectivity index (χ1v) is 7.04. The molecule has 1 aliphatic carbocycles. The predicted octanol–water partition coefficient (Wildman–Crippen LogP) is 3.92. The Bertz CT molecular complexity index is 438. The molecule has 1 saturated carbocycles. The molecule has 18 heavy (non-hydrogen) atoms. The summed E-state index contributed by atoms with van der Waals surface area (Å²) in [5, 5.41) is 6.98. The molecular formula is C15H21FN2. The van der Waals surface area contributed by atoms with Crippen molar-refractivity contribution in [1.29, 1.82) is 0 Å². The molecule has 0 aromatic heterocycles. The topological polar surface area (TPSA) is 24.1 Å². The number of rotatable bonds is 1. The fourth-order valence-electron chi connectivity index (χ4n) is 3.24. The lowest BCUT2D eigenvalue weighted by Gasteiger charge is -2.36. The minimum absolute atomic E-state index is 0.126. The number of fused-ring (bicyclic) bond motifs is 1. The van der Waals surface area contributed by atoms with Gasteiger partial charge in [0.25, 0.3) is 0 Å². The van der Waals surface area contributed by atoms with Gasteiger partial charge < -0.3 is 10.6 Å². The summed E-state index contributed by atoms with van der Waals surface area (Å²) in [5.41, 5.74) is 2.69. The number of aryl methyl sites for hydroxylation is 1. The molecule has 3 rings (SSSR count). The number of benzene rings is 1. The zero-order chi connectivity index (χ0) is 12.5. The Balaban J connectivity index is 1.77. The molecule has 1 aromatic carbocycles. The van der Waals surface area contributed by atoms with E-state index in [1.807, 2.05) is 13.0 Å². The third-order valence-electron chi connectivity index (χ3n) is 4.37. The Morgan fingerprint density at radius 1 is 1.11 bits per heavy atom. The first kappa shape index (κ1) is 11.8. The molecule has 98 valence electrons. The van der Waals surface area contributed by atoms with Gasteiger partial charge in [0.2, 0.25) is 0 Å². The molecule has 1 unspecified atom stereocenters. The second kappa shape index (κ2) is 4.79. The molecule has 0 amide bonds. The first-order valence-electron chi connectivity index (χ1n) is 7.04. The van der Waals surface area contributed by atoms with Crippen molar-refractivity contribution in [2.75, 3.05) is 17.2 Å². The summed E-state index contributed by atoms with van der Waals surface area (Å²) in [4.78, 5) is 0. The SMILES string of the molecule is Cc1cc2c(cc1F)NCC(C1CCCCC1)N2. The molecule has 0 spiro atoms. The third-order valence-corrected chi connectivity index (χ3v) is 4.37. The second-order valence-electron chi connectivity index (χ2n) is 5.68. The van der Waals surface area contributed by atoms with Crippen molar-refractivity contribution in [3.8, 4) is 0 Å². The third kappa shape index (κ3) is 2.18. The standard InChI is InChI=1S/C15H21FN2/c1-10-7-14-13(8-12(10)16)17-9-15(18-14)11-5-3-2-4-6-11/h7-8,11,15,17-18H,2-6,9H2,1H3. The van der Waals surface area contributed by atoms with E-state index in [9.17, 15) is 4.39 Å². The van der Waals surface area contributed by atoms with Gasteiger partial charge in [-0.2, -0.15) is 0 Å². The van der Waals surface area contributed by atoms with Crippen molar-refractivity contribution in [3.63, 3.8) is 0 Å². The summed E-state index contributed by atoms with van der Waals surface area (Å²) in [6.45, 7) is 2.74. The molecular weight excluding hydrogens is 227 g/mol. The van der Waals surface area contributed by atoms with E-state index in [2.05, 4.69) is 10.6 Å². The van der Waals surface area contributed by atoms with Crippen LogP contribution in [0, 0.1) is 18.7 Å². The van der Waals surface area contributed by atoms with E-state index < -0.39 is 0 Å². The zero-order valence-corrected chi connectivity index (χ0v) is 10.9. The largest absolute Gasteiger partial charge is 0.381 e. The van der Waals surface area contributed by atoms with Gasteiger partial charge >= 0.3 is 0 Å². The minimum atomic E-state index is -0.126. The van der Waals surface area contributed by atoms with E-state index >= 15 is 0 Å². The average molecular weight is 248 g/mol. The minimum Gasteiger partial charge on any atom is -0.381 e. The molecule has 2 nitrogen and oxygen atoms in total. The molecule has 1 heterocycles. The van der Waals surface area contributed by atoms with Crippen LogP contribution in [-0.4, -0.2) is 12.6 Å². The van der Waals surface area contributed by atoms with Gasteiger partial charge in [-0.3, -0.25) is 0 Å². The molecule has 0 bridgehead atoms. The van der Waals surface area contributed by atoms with Crippen LogP contribution >= 0.6 is 0 Å². The highest BCUT2D eigenvalue weighted by molar-refractivity contribution is 5.72. The molecule has 1 fully saturated rings. The highest BCUT2D eigenvalue weighted by atomic mass is 19.1. The average Bonchev–Trinajstić information content (AvgIpc) is 2.41. The molecule has 2 N–H and O–H groups in total. The maximum absolute atomic E-state index is 13.5. The van der Waals surface area contributed by atoms with E-state index in [1.54, 1.807) is 6.07 Å². The lowest BCUT2D eigenvalue weighted by Crippen LogP contribution is -2.40. The Labute approximate surface area is 108 Å². The van der Waals surface area contributed by atoms with Crippen LogP contribution in [0.2, 0.25) is 0 Å². The van der Waals surface area contributed by atoms with E-state index in [0.29, 0.717) is 11.6 Å². The Hall–Kier alpha value is -1.25. The smallest absolute Gasteiger partial charge is 0.128 e. The summed E-state index contributed by atoms with van der Waals surface area (Å²) >= 11 is 0. The van der Waals surface area contributed by atoms with Crippen LogP contribution in [0.1, 0.15) is 37.7 Å². The van der Waals surface area contributed by atoms with Crippen molar-refractivity contribution in [2.45, 2.75) is 45.1 Å². The highest BCUT2D eigenvalue weighted by Crippen LogP contribution is 2.34. The van der Waals surface area contributed by atoms with Gasteiger partial charge in [-0.05, 0) is 43.4 Å². The van der Waals surface area contributed by atoms with Crippen LogP contribution in [-0.2, 0) is 0 Å². The van der Waals surface area contributed by atoms with Crippen LogP contribution in [0.5, 0.6) is 0 Å². The Morgan fingerprint density at radius 3 is 2.67 bits per heavy atom. The number of hydrogen-bond donors (Lipinski definition) is 2. The summed E-state index contributed by atoms with van der Waals surface area (Å²) in [7, 11) is 0. The van der Waals surface area contributed by atoms with Gasteiger partial charge in [-0.1, -0.05) is 19.3 Å². The van der Waals surface area contributed by atoms with E-state index in [4.69, 9.17) is 0 Å². The Morgan fingerprint density at radius 2 is 1.89 bits per heavy atom. The first-order chi connectivity index (χ1) is 8.74. The molecule has 1 aliphatic heterocycles. The highest BCUT2D eigenvalue weighted by Gasteiger charge is 2.27. The number of halogens is 1. The molecule has 1 aromatic rings. The fraction of sp³-hybridized carbons (Fsp3) is 0.600. The molecule has 1 atom stereocenters. The Kier molecular flexibility index (Phi) is 3.14. The van der Waals surface area contributed by atoms with Crippen LogP contribution in [0.15, 0.2) is 12.1 Å². The molecule has 0 saturated heterocycles. The van der Waals surface area contributed by atoms with Gasteiger partial charge in [0.15, 0.2) is 0 Å². The van der Waals surface area contributed by atoms with Crippen molar-refractivity contribution in [3.05, 3.63) is 23.5 Å². The summed E-state index contributed by atoms with van der Waals surface area (Å²) in [6.07, 6.45) is 6.76. The number of nitrogens with one attached hydrogen (secondary N) is 2. The van der Waals surface area contributed by atoms with Crippen LogP contribution in [0.25, 0.3) is 0 Å². The van der Waals surface area contributed by atoms with E-state index in [-0.39, 0.29) is 5.82 Å². The second-order valence-corrected chi connectivity index (χ2v) is 5.68. The van der Waals surface area contributed by atoms with Gasteiger partial charge in [-0.15, -0.1) is 0 Å². The van der Waals surface area contributed by atoms with Crippen molar-refractivity contribution >= 4 is 11.4 Å². The van der Waals surface area contributed by atoms with Crippen molar-refractivity contribution in [1.82, 2.24) is 0 Å². The maximum atomic E-state index is 13.5. The van der Waals surface area contributed by atoms with Gasteiger partial charge in [-0.25, -0.2) is 4.39 Å². The van der Waals surface area contributed by atoms with Crippen LogP contribution < -0.4 is 10.6 Å². The van der Waals surface area contributed by atoms with E-state index in [0.717, 1.165) is 23.8 Å². The van der Waals surface area contributed by atoms with Crippen molar-refractivity contribution < 1.29 is 4.39 Å². The van der Waals surface area contributed by atoms with Crippen LogP contribution in [0.4, 0.5) is 15.8 Å². The van der Waals surface area contributed by atoms with E-state index in [1.165, 1.54) is 32.1 Å². The van der Waals surface area contributed by atoms with Gasteiger partial charge in [0, 0.05) is 12.6 Å². The van der Waals surface area contributed by atoms with Gasteiger partial charge in [0.05, 0.1) is 11.4 Å². The normalized spacial score (nSPS) is 24.0. The quantitative estimate of drug-likeness (QED) is 0.787. The number of hydrogen-bond acceptors (Lipinski definition) is 2. The molecule has 3 heteroatoms. The molecule has 2 aliphatic rings. The fourth-order valence-corrected chi connectivity index (χ4v) is 3.24. The summed E-state index contributed by atoms with van der Waals surface area (Å²) in [5.74, 6) is 0.643. The summed E-state index contributed by atoms with van der Waals surface area (Å²) in [6, 6.07) is 4.03. The lowest BCUT2D eigenvalue weighted by atomic mass is 9.83. The van der Waals surface area contributed by atoms with Crippen molar-refractivity contribution in [2.24, 2.45) is 5.92 Å². The molecule has 0 radical (unpaired) electrons. The zero-order valence-electron chi connectivity index (χ0n) is 10.9. The van der Waals surface area contributed by atoms with Crippen LogP contribution in [0.3, 0.4) is 0 Å². The predicted molar refractivity (Wildman–Crippen MR) is 73.6 cm³/mol. The monoisotopic (exact) mass is 248 g/mol. The lowest BCUT2D eigenvalue weighted by molar-refractivity contribution is 0.322. The van der Waals surface area contributed by atoms with Gasteiger partial charge in [0.1, 0.15) is 5.82 Å². The number of anilines is 2. The summed E-state index contributed by atoms with van der Waals surface area (Å²) < 4.78 is 13.5.